The number of aliphatic hydroxyl groups is 1. The van der Waals surface area contributed by atoms with Gasteiger partial charge in [0.1, 0.15) is 0 Å². The molecule has 1 saturated carbocycles. The Bertz CT molecular complexity index is 437. The molecule has 4 N–H and O–H groups in total. The molecular formula is C12H20N4O2. The average molecular weight is 252 g/mol. The monoisotopic (exact) mass is 252 g/mol. The number of aliphatic hydroxyl groups excluding tert-OH is 1. The molecule has 2 rings (SSSR count). The first kappa shape index (κ1) is 12.9. The molecule has 100 valence electrons. The molecule has 0 bridgehead atoms. The molecule has 0 spiro atoms. The zero-order valence-electron chi connectivity index (χ0n) is 10.8. The van der Waals surface area contributed by atoms with Gasteiger partial charge in [-0.3, -0.25) is 9.89 Å². The fourth-order valence-corrected chi connectivity index (χ4v) is 1.87. The number of nitrogens with one attached hydrogen (secondary N) is 1. The molecule has 1 aliphatic carbocycles. The van der Waals surface area contributed by atoms with Crippen molar-refractivity contribution in [3.05, 3.63) is 11.4 Å². The van der Waals surface area contributed by atoms with Crippen LogP contribution in [0.25, 0.3) is 0 Å². The summed E-state index contributed by atoms with van der Waals surface area (Å²) < 4.78 is 0. The number of nitrogen functional groups attached to an aromatic ring is 1. The van der Waals surface area contributed by atoms with E-state index in [0.29, 0.717) is 30.3 Å². The SMILES string of the molecule is CC(O)CCN(C)C(=O)c1n[nH]c(C2CC2)c1N. The standard InChI is InChI=1S/C12H20N4O2/c1-7(17)5-6-16(2)12(18)11-9(13)10(14-15-11)8-3-4-8/h7-8,17H,3-6,13H2,1-2H3,(H,14,15). The summed E-state index contributed by atoms with van der Waals surface area (Å²) in [5.74, 6) is 0.248. The number of nitrogens with zero attached hydrogens (tertiary/aromatic N) is 2. The Hall–Kier alpha value is -1.56. The summed E-state index contributed by atoms with van der Waals surface area (Å²) in [5, 5.41) is 16.1. The Morgan fingerprint density at radius 3 is 2.89 bits per heavy atom. The van der Waals surface area contributed by atoms with Crippen LogP contribution in [-0.2, 0) is 0 Å². The van der Waals surface area contributed by atoms with Crippen molar-refractivity contribution in [1.29, 1.82) is 0 Å². The van der Waals surface area contributed by atoms with E-state index in [2.05, 4.69) is 10.2 Å². The molecule has 1 aliphatic rings. The molecule has 0 aliphatic heterocycles. The van der Waals surface area contributed by atoms with E-state index >= 15 is 0 Å². The van der Waals surface area contributed by atoms with Crippen LogP contribution in [0, 0.1) is 0 Å². The highest BCUT2D eigenvalue weighted by molar-refractivity contribution is 5.97. The molecule has 6 nitrogen and oxygen atoms in total. The highest BCUT2D eigenvalue weighted by Crippen LogP contribution is 2.42. The third-order valence-corrected chi connectivity index (χ3v) is 3.25. The number of anilines is 1. The van der Waals surface area contributed by atoms with E-state index in [-0.39, 0.29) is 5.91 Å². The molecule has 0 radical (unpaired) electrons. The lowest BCUT2D eigenvalue weighted by Gasteiger charge is -2.17. The van der Waals surface area contributed by atoms with Gasteiger partial charge in [-0.15, -0.1) is 0 Å². The normalized spacial score (nSPS) is 16.6. The summed E-state index contributed by atoms with van der Waals surface area (Å²) in [5.41, 5.74) is 7.61. The summed E-state index contributed by atoms with van der Waals surface area (Å²) in [4.78, 5) is 13.7. The fraction of sp³-hybridized carbons (Fsp3) is 0.667. The van der Waals surface area contributed by atoms with Crippen molar-refractivity contribution in [3.63, 3.8) is 0 Å². The second kappa shape index (κ2) is 4.97. The van der Waals surface area contributed by atoms with Crippen LogP contribution in [0.1, 0.15) is 48.3 Å². The fourth-order valence-electron chi connectivity index (χ4n) is 1.87. The first-order valence-corrected chi connectivity index (χ1v) is 6.28. The number of amides is 1. The van der Waals surface area contributed by atoms with Crippen LogP contribution in [0.4, 0.5) is 5.69 Å². The zero-order valence-corrected chi connectivity index (χ0v) is 10.8. The number of nitrogens with two attached hydrogens (primary N) is 1. The molecule has 1 aromatic heterocycles. The third-order valence-electron chi connectivity index (χ3n) is 3.25. The summed E-state index contributed by atoms with van der Waals surface area (Å²) in [7, 11) is 1.69. The van der Waals surface area contributed by atoms with Crippen molar-refractivity contribution in [2.75, 3.05) is 19.3 Å². The number of carbonyl (C=O) groups excluding carboxylic acids is 1. The minimum atomic E-state index is -0.418. The van der Waals surface area contributed by atoms with E-state index in [1.54, 1.807) is 14.0 Å². The quantitative estimate of drug-likeness (QED) is 0.719. The van der Waals surface area contributed by atoms with Crippen molar-refractivity contribution < 1.29 is 9.90 Å². The van der Waals surface area contributed by atoms with Crippen molar-refractivity contribution >= 4 is 11.6 Å². The zero-order chi connectivity index (χ0) is 13.3. The van der Waals surface area contributed by atoms with Crippen molar-refractivity contribution in [2.45, 2.75) is 38.2 Å². The van der Waals surface area contributed by atoms with Crippen molar-refractivity contribution in [2.24, 2.45) is 0 Å². The van der Waals surface area contributed by atoms with Gasteiger partial charge in [-0.1, -0.05) is 0 Å². The van der Waals surface area contributed by atoms with Gasteiger partial charge < -0.3 is 15.7 Å². The van der Waals surface area contributed by atoms with Gasteiger partial charge in [0.2, 0.25) is 0 Å². The van der Waals surface area contributed by atoms with Crippen LogP contribution in [0.2, 0.25) is 0 Å². The number of hydrogen-bond acceptors (Lipinski definition) is 4. The Labute approximate surface area is 106 Å². The minimum Gasteiger partial charge on any atom is -0.395 e. The van der Waals surface area contributed by atoms with Crippen LogP contribution in [-0.4, -0.2) is 45.8 Å². The summed E-state index contributed by atoms with van der Waals surface area (Å²) >= 11 is 0. The van der Waals surface area contributed by atoms with Gasteiger partial charge in [0, 0.05) is 19.5 Å². The van der Waals surface area contributed by atoms with Crippen LogP contribution >= 0.6 is 0 Å². The van der Waals surface area contributed by atoms with Gasteiger partial charge in [0.25, 0.3) is 5.91 Å². The molecule has 0 saturated heterocycles. The second-order valence-corrected chi connectivity index (χ2v) is 5.04. The molecular weight excluding hydrogens is 232 g/mol. The Kier molecular flexibility index (Phi) is 3.56. The molecule has 1 amide bonds. The van der Waals surface area contributed by atoms with E-state index < -0.39 is 6.10 Å². The van der Waals surface area contributed by atoms with Crippen molar-refractivity contribution in [1.82, 2.24) is 15.1 Å². The highest BCUT2D eigenvalue weighted by Gasteiger charge is 2.30. The maximum atomic E-state index is 12.1. The molecule has 1 atom stereocenters. The van der Waals surface area contributed by atoms with E-state index in [4.69, 9.17) is 5.73 Å². The topological polar surface area (TPSA) is 95.2 Å². The first-order chi connectivity index (χ1) is 8.50. The van der Waals surface area contributed by atoms with Crippen molar-refractivity contribution in [3.8, 4) is 0 Å². The van der Waals surface area contributed by atoms with Gasteiger partial charge in [-0.25, -0.2) is 0 Å². The molecule has 1 unspecified atom stereocenters. The van der Waals surface area contributed by atoms with Gasteiger partial charge in [0.05, 0.1) is 17.5 Å². The Morgan fingerprint density at radius 2 is 2.33 bits per heavy atom. The minimum absolute atomic E-state index is 0.198. The predicted molar refractivity (Wildman–Crippen MR) is 68.2 cm³/mol. The molecule has 1 heterocycles. The molecule has 18 heavy (non-hydrogen) atoms. The maximum absolute atomic E-state index is 12.1. The molecule has 1 aromatic rings. The van der Waals surface area contributed by atoms with E-state index in [1.807, 2.05) is 0 Å². The van der Waals surface area contributed by atoms with E-state index in [0.717, 1.165) is 18.5 Å². The number of rotatable bonds is 5. The highest BCUT2D eigenvalue weighted by atomic mass is 16.3. The van der Waals surface area contributed by atoms with Gasteiger partial charge in [-0.05, 0) is 26.2 Å². The van der Waals surface area contributed by atoms with Crippen LogP contribution in [0.3, 0.4) is 0 Å². The van der Waals surface area contributed by atoms with Gasteiger partial charge in [-0.2, -0.15) is 5.10 Å². The smallest absolute Gasteiger partial charge is 0.276 e. The maximum Gasteiger partial charge on any atom is 0.276 e. The average Bonchev–Trinajstić information content (AvgIpc) is 3.09. The van der Waals surface area contributed by atoms with E-state index in [1.165, 1.54) is 4.90 Å². The lowest BCUT2D eigenvalue weighted by Crippen LogP contribution is -2.30. The van der Waals surface area contributed by atoms with Crippen LogP contribution in [0.15, 0.2) is 0 Å². The number of aromatic amines is 1. The van der Waals surface area contributed by atoms with Crippen LogP contribution in [0.5, 0.6) is 0 Å². The van der Waals surface area contributed by atoms with Gasteiger partial charge in [0.15, 0.2) is 5.69 Å². The lowest BCUT2D eigenvalue weighted by molar-refractivity contribution is 0.0764. The Balaban J connectivity index is 2.03. The lowest BCUT2D eigenvalue weighted by atomic mass is 10.2. The van der Waals surface area contributed by atoms with Gasteiger partial charge >= 0.3 is 0 Å². The number of H-pyrrole nitrogens is 1. The van der Waals surface area contributed by atoms with Crippen LogP contribution < -0.4 is 5.73 Å². The molecule has 1 fully saturated rings. The molecule has 0 aromatic carbocycles. The predicted octanol–water partition coefficient (Wildman–Crippen LogP) is 0.712. The summed E-state index contributed by atoms with van der Waals surface area (Å²) in [6.07, 6.45) is 2.34. The second-order valence-electron chi connectivity index (χ2n) is 5.04. The number of aromatic nitrogens is 2. The summed E-state index contributed by atoms with van der Waals surface area (Å²) in [6, 6.07) is 0. The first-order valence-electron chi connectivity index (χ1n) is 6.28. The largest absolute Gasteiger partial charge is 0.395 e. The molecule has 6 heteroatoms. The number of hydrogen-bond donors (Lipinski definition) is 3. The third kappa shape index (κ3) is 2.64. The summed E-state index contributed by atoms with van der Waals surface area (Å²) in [6.45, 7) is 2.19. The number of carbonyl (C=O) groups is 1. The van der Waals surface area contributed by atoms with E-state index in [9.17, 15) is 9.90 Å². The Morgan fingerprint density at radius 1 is 1.67 bits per heavy atom.